The predicted molar refractivity (Wildman–Crippen MR) is 137 cm³/mol. The number of nitrogens with zero attached hydrogens (tertiary/aromatic N) is 4. The summed E-state index contributed by atoms with van der Waals surface area (Å²) < 4.78 is 17.0. The van der Waals surface area contributed by atoms with Gasteiger partial charge in [-0.1, -0.05) is 28.1 Å². The number of rotatable bonds is 7. The first kappa shape index (κ1) is 25.6. The molecule has 1 saturated heterocycles. The van der Waals surface area contributed by atoms with Gasteiger partial charge in [0.05, 0.1) is 17.2 Å². The molecular weight excluding hydrogens is 600 g/mol. The average molecular weight is 619 g/mol. The van der Waals surface area contributed by atoms with Crippen molar-refractivity contribution in [2.75, 3.05) is 6.61 Å². The summed E-state index contributed by atoms with van der Waals surface area (Å²) in [7, 11) is 0. The molecule has 15 heteroatoms. The highest BCUT2D eigenvalue weighted by atomic mass is 79.9. The number of allylic oxidation sites excluding steroid dienone is 1. The van der Waals surface area contributed by atoms with Crippen LogP contribution in [0, 0.1) is 10.1 Å². The molecular formula is C24H19BrN4O9S. The molecule has 0 saturated carbocycles. The van der Waals surface area contributed by atoms with Gasteiger partial charge >= 0.3 is 11.9 Å². The van der Waals surface area contributed by atoms with Crippen molar-refractivity contribution in [1.29, 1.82) is 0 Å². The van der Waals surface area contributed by atoms with Crippen molar-refractivity contribution in [3.05, 3.63) is 73.8 Å². The summed E-state index contributed by atoms with van der Waals surface area (Å²) in [4.78, 5) is 50.0. The Morgan fingerprint density at radius 2 is 2.13 bits per heavy atom. The zero-order valence-corrected chi connectivity index (χ0v) is 22.6. The maximum atomic E-state index is 13.6. The number of hydrogen-bond acceptors (Lipinski definition) is 10. The number of nitro groups is 1. The van der Waals surface area contributed by atoms with Crippen LogP contribution in [-0.4, -0.2) is 58.7 Å². The number of hydrogen-bond donors (Lipinski definition) is 1. The zero-order chi connectivity index (χ0) is 27.6. The number of fused-ring (bicyclic) bond motifs is 4. The van der Waals surface area contributed by atoms with Crippen molar-refractivity contribution in [2.24, 2.45) is 0 Å². The molecule has 0 aliphatic carbocycles. The van der Waals surface area contributed by atoms with Crippen LogP contribution in [0.5, 0.6) is 0 Å². The molecule has 0 radical (unpaired) electrons. The van der Waals surface area contributed by atoms with Crippen molar-refractivity contribution < 1.29 is 38.3 Å². The lowest BCUT2D eigenvalue weighted by Crippen LogP contribution is -2.70. The second kappa shape index (κ2) is 9.20. The minimum atomic E-state index is -1.51. The SMILES string of the molecule is CC(=O)OC(c1cc2oc3c(n2n1)CCOC3)C1(Br)C(=O)N2C(C(=O)O)=C(Cc3ccc([N+](=O)[O-])cc3)S[C@@H]21. The molecule has 13 nitrogen and oxygen atoms in total. The normalized spacial score (nSPS) is 22.9. The van der Waals surface area contributed by atoms with Crippen LogP contribution >= 0.6 is 27.7 Å². The average Bonchev–Trinajstić information content (AvgIpc) is 3.57. The molecule has 202 valence electrons. The topological polar surface area (TPSA) is 167 Å². The van der Waals surface area contributed by atoms with Gasteiger partial charge < -0.3 is 19.0 Å². The number of thioether (sulfide) groups is 1. The largest absolute Gasteiger partial charge is 0.477 e. The third-order valence-electron chi connectivity index (χ3n) is 6.77. The highest BCUT2D eigenvalue weighted by Gasteiger charge is 2.70. The summed E-state index contributed by atoms with van der Waals surface area (Å²) in [5.74, 6) is -1.88. The van der Waals surface area contributed by atoms with Gasteiger partial charge in [0.25, 0.3) is 11.6 Å². The van der Waals surface area contributed by atoms with E-state index >= 15 is 0 Å². The first-order valence-corrected chi connectivity index (χ1v) is 13.4. The lowest BCUT2D eigenvalue weighted by molar-refractivity contribution is -0.384. The lowest BCUT2D eigenvalue weighted by Gasteiger charge is -2.51. The van der Waals surface area contributed by atoms with Gasteiger partial charge in [0.2, 0.25) is 5.71 Å². The van der Waals surface area contributed by atoms with Crippen LogP contribution in [0.1, 0.15) is 35.7 Å². The summed E-state index contributed by atoms with van der Waals surface area (Å²) in [6, 6.07) is 7.34. The van der Waals surface area contributed by atoms with Gasteiger partial charge in [-0.3, -0.25) is 24.6 Å². The molecule has 2 aromatic heterocycles. The van der Waals surface area contributed by atoms with Crippen molar-refractivity contribution in [3.8, 4) is 0 Å². The van der Waals surface area contributed by atoms with E-state index in [1.165, 1.54) is 36.1 Å². The third-order valence-corrected chi connectivity index (χ3v) is 9.68. The number of halogens is 1. The maximum Gasteiger partial charge on any atom is 0.353 e. The molecule has 0 spiro atoms. The maximum absolute atomic E-state index is 13.6. The Balaban J connectivity index is 1.34. The third kappa shape index (κ3) is 3.94. The number of aliphatic carboxylic acids is 1. The second-order valence-electron chi connectivity index (χ2n) is 9.17. The highest BCUT2D eigenvalue weighted by Crippen LogP contribution is 2.60. The van der Waals surface area contributed by atoms with E-state index in [4.69, 9.17) is 13.9 Å². The number of carboxylic acid groups (broad SMARTS) is 1. The highest BCUT2D eigenvalue weighted by molar-refractivity contribution is 9.10. The van der Waals surface area contributed by atoms with Gasteiger partial charge in [0.1, 0.15) is 23.4 Å². The number of β-lactam (4-membered cyclic amide) rings is 1. The number of carbonyl (C=O) groups excluding carboxylic acids is 2. The minimum Gasteiger partial charge on any atom is -0.477 e. The van der Waals surface area contributed by atoms with E-state index in [2.05, 4.69) is 21.0 Å². The van der Waals surface area contributed by atoms with Crippen LogP contribution < -0.4 is 0 Å². The number of oxazole rings is 1. The first-order chi connectivity index (χ1) is 18.6. The summed E-state index contributed by atoms with van der Waals surface area (Å²) in [5.41, 5.74) is 1.86. The van der Waals surface area contributed by atoms with E-state index in [-0.39, 0.29) is 23.5 Å². The Morgan fingerprint density at radius 1 is 1.38 bits per heavy atom. The minimum absolute atomic E-state index is 0.0902. The van der Waals surface area contributed by atoms with Crippen LogP contribution in [0.3, 0.4) is 0 Å². The standard InChI is InChI=1S/C24H19BrN4O9S/c1-11(30)37-20(14-9-18-28(26-14)15-6-7-36-10-16(15)38-18)24(25)22(33)27-19(21(31)32)17(39-23(24)27)8-12-2-4-13(5-3-12)29(34)35/h2-5,9,20,23H,6-8,10H2,1H3,(H,31,32)/t20?,23-,24?/m1/s1. The number of nitro benzene ring substituents is 1. The van der Waals surface area contributed by atoms with E-state index < -0.39 is 38.6 Å². The van der Waals surface area contributed by atoms with Gasteiger partial charge in [-0.15, -0.1) is 11.8 Å². The molecule has 3 aliphatic heterocycles. The van der Waals surface area contributed by atoms with E-state index in [0.29, 0.717) is 41.6 Å². The quantitative estimate of drug-likeness (QED) is 0.136. The van der Waals surface area contributed by atoms with Gasteiger partial charge in [-0.05, 0) is 5.56 Å². The van der Waals surface area contributed by atoms with Crippen LogP contribution in [-0.2, 0) is 43.3 Å². The van der Waals surface area contributed by atoms with E-state index in [1.54, 1.807) is 10.6 Å². The Hall–Kier alpha value is -3.69. The molecule has 1 fully saturated rings. The second-order valence-corrected chi connectivity index (χ2v) is 11.7. The summed E-state index contributed by atoms with van der Waals surface area (Å²) in [6.45, 7) is 2.03. The number of ether oxygens (including phenoxy) is 2. The zero-order valence-electron chi connectivity index (χ0n) is 20.2. The number of carboxylic acids is 1. The Bertz CT molecular complexity index is 1600. The van der Waals surface area contributed by atoms with E-state index in [1.807, 2.05) is 0 Å². The Labute approximate surface area is 232 Å². The molecule has 3 atom stereocenters. The molecule has 3 aliphatic rings. The van der Waals surface area contributed by atoms with E-state index in [9.17, 15) is 29.6 Å². The monoisotopic (exact) mass is 618 g/mol. The fourth-order valence-corrected chi connectivity index (χ4v) is 7.53. The number of amides is 1. The number of alkyl halides is 1. The van der Waals surface area contributed by atoms with Crippen molar-refractivity contribution >= 4 is 56.9 Å². The molecule has 1 aromatic carbocycles. The lowest BCUT2D eigenvalue weighted by atomic mass is 9.88. The number of benzene rings is 1. The number of esters is 1. The van der Waals surface area contributed by atoms with Crippen molar-refractivity contribution in [3.63, 3.8) is 0 Å². The molecule has 39 heavy (non-hydrogen) atoms. The first-order valence-electron chi connectivity index (χ1n) is 11.7. The number of aromatic nitrogens is 2. The van der Waals surface area contributed by atoms with Crippen LogP contribution in [0.25, 0.3) is 5.71 Å². The number of non-ortho nitro benzene ring substituents is 1. The number of carbonyl (C=O) groups is 3. The summed E-state index contributed by atoms with van der Waals surface area (Å²) >= 11 is 4.68. The van der Waals surface area contributed by atoms with Crippen molar-refractivity contribution in [2.45, 2.75) is 42.2 Å². The van der Waals surface area contributed by atoms with Gasteiger partial charge in [0, 0.05) is 42.9 Å². The molecule has 1 amide bonds. The van der Waals surface area contributed by atoms with Crippen LogP contribution in [0.4, 0.5) is 5.69 Å². The molecule has 0 bridgehead atoms. The van der Waals surface area contributed by atoms with Crippen LogP contribution in [0.2, 0.25) is 0 Å². The molecule has 1 N–H and O–H groups in total. The fourth-order valence-electron chi connectivity index (χ4n) is 5.01. The summed E-state index contributed by atoms with van der Waals surface area (Å²) in [6.07, 6.45) is -0.475. The molecule has 2 unspecified atom stereocenters. The Kier molecular flexibility index (Phi) is 6.04. The van der Waals surface area contributed by atoms with Crippen LogP contribution in [0.15, 0.2) is 45.4 Å². The smallest absolute Gasteiger partial charge is 0.353 e. The van der Waals surface area contributed by atoms with Gasteiger partial charge in [-0.2, -0.15) is 5.10 Å². The predicted octanol–water partition coefficient (Wildman–Crippen LogP) is 3.10. The molecule has 5 heterocycles. The molecule has 3 aromatic rings. The molecule has 6 rings (SSSR count). The summed E-state index contributed by atoms with van der Waals surface area (Å²) in [5, 5.41) is 24.8. The van der Waals surface area contributed by atoms with Gasteiger partial charge in [-0.25, -0.2) is 9.31 Å². The van der Waals surface area contributed by atoms with E-state index in [0.717, 1.165) is 17.5 Å². The fraction of sp³-hybridized carbons (Fsp3) is 0.333. The Morgan fingerprint density at radius 3 is 2.79 bits per heavy atom. The van der Waals surface area contributed by atoms with Crippen molar-refractivity contribution in [1.82, 2.24) is 14.5 Å². The van der Waals surface area contributed by atoms with Gasteiger partial charge in [0.15, 0.2) is 16.2 Å².